The first-order valence-corrected chi connectivity index (χ1v) is 14.9. The minimum Gasteiger partial charge on any atom is -0.489 e. The molecule has 0 aliphatic carbocycles. The largest absolute Gasteiger partial charge is 0.489 e. The summed E-state index contributed by atoms with van der Waals surface area (Å²) in [4.78, 5) is 44.5. The zero-order valence-electron chi connectivity index (χ0n) is 25.6. The van der Waals surface area contributed by atoms with Crippen LogP contribution in [0.15, 0.2) is 103 Å². The number of fused-ring (bicyclic) bond motifs is 1. The Kier molecular flexibility index (Phi) is 9.63. The lowest BCUT2D eigenvalue weighted by Crippen LogP contribution is -2.53. The van der Waals surface area contributed by atoms with Crippen molar-refractivity contribution < 1.29 is 24.2 Å². The summed E-state index contributed by atoms with van der Waals surface area (Å²) in [5.41, 5.74) is 5.84. The minimum atomic E-state index is -1.20. The van der Waals surface area contributed by atoms with Gasteiger partial charge in [-0.25, -0.2) is 4.79 Å². The van der Waals surface area contributed by atoms with Gasteiger partial charge in [-0.1, -0.05) is 77.9 Å². The van der Waals surface area contributed by atoms with Crippen molar-refractivity contribution in [2.24, 2.45) is 0 Å². The number of hydrogen-bond acceptors (Lipinski definition) is 4. The highest BCUT2D eigenvalue weighted by molar-refractivity contribution is 5.98. The van der Waals surface area contributed by atoms with Crippen molar-refractivity contribution >= 4 is 28.7 Å². The molecule has 2 atom stereocenters. The molecule has 0 aliphatic heterocycles. The molecule has 0 unspecified atom stereocenters. The molecule has 5 aromatic rings. The number of aliphatic carboxylic acids is 1. The molecule has 2 amide bonds. The fourth-order valence-electron chi connectivity index (χ4n) is 5.52. The monoisotopic (exact) mass is 603 g/mol. The zero-order chi connectivity index (χ0) is 31.9. The van der Waals surface area contributed by atoms with E-state index in [-0.39, 0.29) is 18.7 Å². The third-order valence-electron chi connectivity index (χ3n) is 7.87. The lowest BCUT2D eigenvalue weighted by atomic mass is 10.0. The zero-order valence-corrected chi connectivity index (χ0v) is 25.6. The Morgan fingerprint density at radius 3 is 2.20 bits per heavy atom. The molecule has 1 aromatic heterocycles. The van der Waals surface area contributed by atoms with Crippen molar-refractivity contribution in [2.75, 3.05) is 7.05 Å². The number of hydrogen-bond donors (Lipinski definition) is 3. The second-order valence-electron chi connectivity index (χ2n) is 11.4. The van der Waals surface area contributed by atoms with E-state index in [1.165, 1.54) is 4.90 Å². The standard InChI is InChI=1S/C37H37N3O5/c1-24-17-25(2)19-28(18-24)36(42)40(3)34(20-26-13-15-30(16-14-26)45-23-27-9-5-4-6-10-27)35(41)39-33(37(43)44)21-29-22-38-32-12-8-7-11-31(29)32/h4-19,22,33-34,38H,20-21,23H2,1-3H3,(H,39,41)(H,43,44)/t33-,34+/m0/s1. The van der Waals surface area contributed by atoms with Gasteiger partial charge in [-0.3, -0.25) is 9.59 Å². The maximum Gasteiger partial charge on any atom is 0.326 e. The fraction of sp³-hybridized carbons (Fsp3) is 0.216. The Hall–Kier alpha value is -5.37. The molecular weight excluding hydrogens is 566 g/mol. The van der Waals surface area contributed by atoms with Crippen LogP contribution in [-0.4, -0.2) is 51.9 Å². The van der Waals surface area contributed by atoms with Gasteiger partial charge in [0.25, 0.3) is 5.91 Å². The Labute approximate surface area is 262 Å². The number of aromatic nitrogens is 1. The van der Waals surface area contributed by atoms with E-state index < -0.39 is 24.0 Å². The number of aromatic amines is 1. The molecular formula is C37H37N3O5. The summed E-state index contributed by atoms with van der Waals surface area (Å²) >= 11 is 0. The lowest BCUT2D eigenvalue weighted by Gasteiger charge is -2.29. The third kappa shape index (κ3) is 7.78. The number of carboxylic acids is 1. The predicted octanol–water partition coefficient (Wildman–Crippen LogP) is 5.86. The number of rotatable bonds is 12. The first-order chi connectivity index (χ1) is 21.7. The normalized spacial score (nSPS) is 12.3. The number of amides is 2. The summed E-state index contributed by atoms with van der Waals surface area (Å²) in [6.45, 7) is 4.25. The van der Waals surface area contributed by atoms with Crippen LogP contribution in [0.5, 0.6) is 5.75 Å². The number of carboxylic acid groups (broad SMARTS) is 1. The maximum atomic E-state index is 13.9. The van der Waals surface area contributed by atoms with Crippen LogP contribution < -0.4 is 10.1 Å². The van der Waals surface area contributed by atoms with Crippen LogP contribution in [0.3, 0.4) is 0 Å². The van der Waals surface area contributed by atoms with Gasteiger partial charge in [-0.05, 0) is 60.9 Å². The Morgan fingerprint density at radius 2 is 1.51 bits per heavy atom. The van der Waals surface area contributed by atoms with Crippen molar-refractivity contribution in [2.45, 2.75) is 45.4 Å². The van der Waals surface area contributed by atoms with E-state index >= 15 is 0 Å². The number of para-hydroxylation sites is 1. The molecule has 1 heterocycles. The van der Waals surface area contributed by atoms with E-state index in [2.05, 4.69) is 10.3 Å². The van der Waals surface area contributed by atoms with Gasteiger partial charge >= 0.3 is 5.97 Å². The van der Waals surface area contributed by atoms with E-state index in [1.807, 2.05) is 98.8 Å². The highest BCUT2D eigenvalue weighted by atomic mass is 16.5. The Balaban J connectivity index is 1.37. The number of nitrogens with one attached hydrogen (secondary N) is 2. The molecule has 4 aromatic carbocycles. The number of carbonyl (C=O) groups excluding carboxylic acids is 2. The average molecular weight is 604 g/mol. The third-order valence-corrected chi connectivity index (χ3v) is 7.87. The molecule has 0 bridgehead atoms. The van der Waals surface area contributed by atoms with Crippen LogP contribution in [0, 0.1) is 13.8 Å². The summed E-state index contributed by atoms with van der Waals surface area (Å²) in [5.74, 6) is -1.36. The van der Waals surface area contributed by atoms with Crippen LogP contribution >= 0.6 is 0 Å². The minimum absolute atomic E-state index is 0.0833. The first kappa shape index (κ1) is 31.1. The van der Waals surface area contributed by atoms with Gasteiger partial charge in [0.15, 0.2) is 0 Å². The first-order valence-electron chi connectivity index (χ1n) is 14.9. The second kappa shape index (κ2) is 13.9. The van der Waals surface area contributed by atoms with Crippen LogP contribution in [0.4, 0.5) is 0 Å². The molecule has 0 saturated carbocycles. The predicted molar refractivity (Wildman–Crippen MR) is 174 cm³/mol. The molecule has 8 heteroatoms. The van der Waals surface area contributed by atoms with Gasteiger partial charge in [0.2, 0.25) is 5.91 Å². The van der Waals surface area contributed by atoms with Crippen LogP contribution in [0.25, 0.3) is 10.9 Å². The van der Waals surface area contributed by atoms with Crippen LogP contribution in [0.1, 0.15) is 38.2 Å². The highest BCUT2D eigenvalue weighted by Gasteiger charge is 2.32. The summed E-state index contributed by atoms with van der Waals surface area (Å²) in [7, 11) is 1.58. The van der Waals surface area contributed by atoms with Crippen molar-refractivity contribution in [1.82, 2.24) is 15.2 Å². The quantitative estimate of drug-likeness (QED) is 0.165. The SMILES string of the molecule is Cc1cc(C)cc(C(=O)N(C)[C@H](Cc2ccc(OCc3ccccc3)cc2)C(=O)N[C@@H](Cc2c[nH]c3ccccc23)C(=O)O)c1. The van der Waals surface area contributed by atoms with E-state index in [9.17, 15) is 19.5 Å². The number of aryl methyl sites for hydroxylation is 2. The molecule has 230 valence electrons. The van der Waals surface area contributed by atoms with Crippen LogP contribution in [0.2, 0.25) is 0 Å². The lowest BCUT2D eigenvalue weighted by molar-refractivity contribution is -0.142. The molecule has 0 radical (unpaired) electrons. The highest BCUT2D eigenvalue weighted by Crippen LogP contribution is 2.21. The topological polar surface area (TPSA) is 112 Å². The number of likely N-dealkylation sites (N-methyl/N-ethyl adjacent to an activating group) is 1. The Morgan fingerprint density at radius 1 is 0.844 bits per heavy atom. The summed E-state index contributed by atoms with van der Waals surface area (Å²) < 4.78 is 5.91. The van der Waals surface area contributed by atoms with Crippen LogP contribution in [-0.2, 0) is 29.0 Å². The van der Waals surface area contributed by atoms with Gasteiger partial charge in [0.05, 0.1) is 0 Å². The molecule has 5 rings (SSSR count). The molecule has 0 fully saturated rings. The van der Waals surface area contributed by atoms with Crippen molar-refractivity contribution in [3.63, 3.8) is 0 Å². The smallest absolute Gasteiger partial charge is 0.326 e. The van der Waals surface area contributed by atoms with Gasteiger partial charge < -0.3 is 25.0 Å². The van der Waals surface area contributed by atoms with Gasteiger partial charge in [-0.15, -0.1) is 0 Å². The summed E-state index contributed by atoms with van der Waals surface area (Å²) in [6, 6.07) is 28.2. The van der Waals surface area contributed by atoms with Gasteiger partial charge in [0.1, 0.15) is 24.4 Å². The second-order valence-corrected chi connectivity index (χ2v) is 11.4. The summed E-state index contributed by atoms with van der Waals surface area (Å²) in [6.07, 6.45) is 2.03. The number of ether oxygens (including phenoxy) is 1. The van der Waals surface area contributed by atoms with Crippen molar-refractivity contribution in [1.29, 1.82) is 0 Å². The van der Waals surface area contributed by atoms with Gasteiger partial charge in [-0.2, -0.15) is 0 Å². The maximum absolute atomic E-state index is 13.9. The van der Waals surface area contributed by atoms with Crippen molar-refractivity contribution in [3.8, 4) is 5.75 Å². The van der Waals surface area contributed by atoms with E-state index in [0.717, 1.165) is 38.7 Å². The van der Waals surface area contributed by atoms with Gasteiger partial charge in [0, 0.05) is 42.6 Å². The van der Waals surface area contributed by atoms with Crippen molar-refractivity contribution in [3.05, 3.63) is 137 Å². The molecule has 8 nitrogen and oxygen atoms in total. The molecule has 45 heavy (non-hydrogen) atoms. The number of carbonyl (C=O) groups is 3. The average Bonchev–Trinajstić information content (AvgIpc) is 3.44. The number of benzene rings is 4. The fourth-order valence-corrected chi connectivity index (χ4v) is 5.52. The van der Waals surface area contributed by atoms with E-state index in [1.54, 1.807) is 25.4 Å². The summed E-state index contributed by atoms with van der Waals surface area (Å²) in [5, 5.41) is 13.7. The van der Waals surface area contributed by atoms with E-state index in [4.69, 9.17) is 4.74 Å². The molecule has 0 spiro atoms. The molecule has 0 aliphatic rings. The molecule has 0 saturated heterocycles. The Bertz CT molecular complexity index is 1780. The van der Waals surface area contributed by atoms with E-state index in [0.29, 0.717) is 17.9 Å². The number of H-pyrrole nitrogens is 1. The number of nitrogens with zero attached hydrogens (tertiary/aromatic N) is 1. The molecule has 3 N–H and O–H groups in total.